The highest BCUT2D eigenvalue weighted by atomic mass is 32.1. The number of piperidine rings is 1. The lowest BCUT2D eigenvalue weighted by Gasteiger charge is -2.30. The second-order valence-corrected chi connectivity index (χ2v) is 6.11. The molecule has 1 aromatic heterocycles. The Balaban J connectivity index is 1.71. The number of nitrogens with zero attached hydrogens (tertiary/aromatic N) is 2. The van der Waals surface area contributed by atoms with E-state index < -0.39 is 0 Å². The zero-order valence-electron chi connectivity index (χ0n) is 10.7. The van der Waals surface area contributed by atoms with Gasteiger partial charge in [0.25, 0.3) is 0 Å². The molecule has 0 amide bonds. The molecule has 3 nitrogen and oxygen atoms in total. The van der Waals surface area contributed by atoms with Crippen LogP contribution in [0.4, 0.5) is 0 Å². The van der Waals surface area contributed by atoms with Gasteiger partial charge in [-0.3, -0.25) is 4.90 Å². The molecule has 96 valence electrons. The summed E-state index contributed by atoms with van der Waals surface area (Å²) in [6.45, 7) is 3.25. The minimum Gasteiger partial charge on any atom is -0.315 e. The van der Waals surface area contributed by atoms with Crippen molar-refractivity contribution >= 4 is 21.6 Å². The lowest BCUT2D eigenvalue weighted by Crippen LogP contribution is -2.43. The average molecular weight is 261 g/mol. The molecule has 0 saturated carbocycles. The number of aromatic nitrogens is 1. The third kappa shape index (κ3) is 2.55. The van der Waals surface area contributed by atoms with Crippen molar-refractivity contribution in [3.8, 4) is 0 Å². The average Bonchev–Trinajstić information content (AvgIpc) is 2.82. The summed E-state index contributed by atoms with van der Waals surface area (Å²) in [7, 11) is 2.21. The molecular weight excluding hydrogens is 242 g/mol. The number of hydrogen-bond acceptors (Lipinski definition) is 4. The van der Waals surface area contributed by atoms with Crippen LogP contribution in [0.5, 0.6) is 0 Å². The number of likely N-dealkylation sites (N-methyl/N-ethyl adjacent to an activating group) is 1. The molecule has 0 spiro atoms. The van der Waals surface area contributed by atoms with Gasteiger partial charge in [-0.1, -0.05) is 12.1 Å². The van der Waals surface area contributed by atoms with Crippen LogP contribution in [0.2, 0.25) is 0 Å². The van der Waals surface area contributed by atoms with Gasteiger partial charge in [0.15, 0.2) is 0 Å². The first-order chi connectivity index (χ1) is 8.83. The maximum Gasteiger partial charge on any atom is 0.108 e. The number of fused-ring (bicyclic) bond motifs is 1. The SMILES string of the molecule is CN(Cc1nc2ccccc2s1)C1CCCNC1. The first-order valence-corrected chi connectivity index (χ1v) is 7.40. The van der Waals surface area contributed by atoms with Crippen LogP contribution < -0.4 is 5.32 Å². The zero-order valence-corrected chi connectivity index (χ0v) is 11.5. The Morgan fingerprint density at radius 3 is 3.11 bits per heavy atom. The van der Waals surface area contributed by atoms with Crippen molar-refractivity contribution in [3.05, 3.63) is 29.3 Å². The highest BCUT2D eigenvalue weighted by molar-refractivity contribution is 7.18. The lowest BCUT2D eigenvalue weighted by molar-refractivity contribution is 0.196. The first kappa shape index (κ1) is 12.1. The van der Waals surface area contributed by atoms with E-state index in [0.717, 1.165) is 18.6 Å². The molecule has 2 heterocycles. The lowest BCUT2D eigenvalue weighted by atomic mass is 10.1. The third-order valence-corrected chi connectivity index (χ3v) is 4.64. The van der Waals surface area contributed by atoms with Crippen molar-refractivity contribution in [2.24, 2.45) is 0 Å². The molecule has 0 bridgehead atoms. The standard InChI is InChI=1S/C14H19N3S/c1-17(11-5-4-8-15-9-11)10-14-16-12-6-2-3-7-13(12)18-14/h2-3,6-7,11,15H,4-5,8-10H2,1H3. The summed E-state index contributed by atoms with van der Waals surface area (Å²) >= 11 is 1.82. The molecule has 18 heavy (non-hydrogen) atoms. The molecule has 1 unspecified atom stereocenters. The smallest absolute Gasteiger partial charge is 0.108 e. The second-order valence-electron chi connectivity index (χ2n) is 4.99. The highest BCUT2D eigenvalue weighted by Crippen LogP contribution is 2.23. The maximum absolute atomic E-state index is 4.70. The predicted molar refractivity (Wildman–Crippen MR) is 77.0 cm³/mol. The van der Waals surface area contributed by atoms with Gasteiger partial charge in [0.05, 0.1) is 16.8 Å². The summed E-state index contributed by atoms with van der Waals surface area (Å²) in [5, 5.41) is 4.70. The van der Waals surface area contributed by atoms with Crippen molar-refractivity contribution in [2.75, 3.05) is 20.1 Å². The Labute approximate surface area is 112 Å². The van der Waals surface area contributed by atoms with Crippen molar-refractivity contribution in [3.63, 3.8) is 0 Å². The van der Waals surface area contributed by atoms with Gasteiger partial charge in [-0.05, 0) is 38.6 Å². The van der Waals surface area contributed by atoms with Crippen LogP contribution in [0, 0.1) is 0 Å². The van der Waals surface area contributed by atoms with Gasteiger partial charge in [-0.25, -0.2) is 4.98 Å². The van der Waals surface area contributed by atoms with Crippen LogP contribution in [0.25, 0.3) is 10.2 Å². The number of nitrogens with one attached hydrogen (secondary N) is 1. The fourth-order valence-corrected chi connectivity index (χ4v) is 3.57. The Bertz CT molecular complexity index is 483. The summed E-state index contributed by atoms with van der Waals surface area (Å²) in [5.41, 5.74) is 1.13. The fourth-order valence-electron chi connectivity index (χ4n) is 2.54. The Kier molecular flexibility index (Phi) is 3.59. The van der Waals surface area contributed by atoms with E-state index in [1.807, 2.05) is 11.3 Å². The van der Waals surface area contributed by atoms with Gasteiger partial charge in [-0.2, -0.15) is 0 Å². The van der Waals surface area contributed by atoms with E-state index in [4.69, 9.17) is 4.98 Å². The summed E-state index contributed by atoms with van der Waals surface area (Å²) < 4.78 is 1.29. The molecule has 3 rings (SSSR count). The van der Waals surface area contributed by atoms with Crippen LogP contribution in [-0.4, -0.2) is 36.1 Å². The molecule has 0 aliphatic carbocycles. The second kappa shape index (κ2) is 5.34. The van der Waals surface area contributed by atoms with Crippen LogP contribution in [-0.2, 0) is 6.54 Å². The van der Waals surface area contributed by atoms with Crippen molar-refractivity contribution < 1.29 is 0 Å². The van der Waals surface area contributed by atoms with Crippen molar-refractivity contribution in [2.45, 2.75) is 25.4 Å². The Morgan fingerprint density at radius 1 is 1.44 bits per heavy atom. The summed E-state index contributed by atoms with van der Waals surface area (Å²) in [6.07, 6.45) is 2.59. The summed E-state index contributed by atoms with van der Waals surface area (Å²) in [6, 6.07) is 9.04. The van der Waals surface area contributed by atoms with Crippen LogP contribution >= 0.6 is 11.3 Å². The van der Waals surface area contributed by atoms with Gasteiger partial charge in [0.2, 0.25) is 0 Å². The molecule has 4 heteroatoms. The van der Waals surface area contributed by atoms with E-state index in [2.05, 4.69) is 41.5 Å². The Morgan fingerprint density at radius 2 is 2.33 bits per heavy atom. The molecule has 1 saturated heterocycles. The minimum absolute atomic E-state index is 0.658. The van der Waals surface area contributed by atoms with E-state index in [9.17, 15) is 0 Å². The predicted octanol–water partition coefficient (Wildman–Crippen LogP) is 2.48. The van der Waals surface area contributed by atoms with Crippen molar-refractivity contribution in [1.29, 1.82) is 0 Å². The normalized spacial score (nSPS) is 20.7. The third-order valence-electron chi connectivity index (χ3n) is 3.62. The molecule has 1 aliphatic rings. The van der Waals surface area contributed by atoms with Crippen LogP contribution in [0.1, 0.15) is 17.8 Å². The van der Waals surface area contributed by atoms with E-state index in [1.165, 1.54) is 29.1 Å². The molecular formula is C14H19N3S. The Hall–Kier alpha value is -0.970. The van der Waals surface area contributed by atoms with Crippen LogP contribution in [0.3, 0.4) is 0 Å². The fraction of sp³-hybridized carbons (Fsp3) is 0.500. The molecule has 0 radical (unpaired) electrons. The maximum atomic E-state index is 4.70. The van der Waals surface area contributed by atoms with Gasteiger partial charge in [0, 0.05) is 12.6 Å². The quantitative estimate of drug-likeness (QED) is 0.920. The van der Waals surface area contributed by atoms with Gasteiger partial charge < -0.3 is 5.32 Å². The largest absolute Gasteiger partial charge is 0.315 e. The van der Waals surface area contributed by atoms with E-state index in [1.54, 1.807) is 0 Å². The number of rotatable bonds is 3. The molecule has 1 N–H and O–H groups in total. The van der Waals surface area contributed by atoms with Crippen LogP contribution in [0.15, 0.2) is 24.3 Å². The molecule has 1 aromatic carbocycles. The molecule has 1 fully saturated rings. The summed E-state index contributed by atoms with van der Waals surface area (Å²) in [5.74, 6) is 0. The number of para-hydroxylation sites is 1. The minimum atomic E-state index is 0.658. The summed E-state index contributed by atoms with van der Waals surface area (Å²) in [4.78, 5) is 7.14. The van der Waals surface area contributed by atoms with Gasteiger partial charge in [0.1, 0.15) is 5.01 Å². The van der Waals surface area contributed by atoms with Gasteiger partial charge in [-0.15, -0.1) is 11.3 Å². The van der Waals surface area contributed by atoms with E-state index in [0.29, 0.717) is 6.04 Å². The number of thiazole rings is 1. The topological polar surface area (TPSA) is 28.2 Å². The van der Waals surface area contributed by atoms with E-state index in [-0.39, 0.29) is 0 Å². The highest BCUT2D eigenvalue weighted by Gasteiger charge is 2.18. The monoisotopic (exact) mass is 261 g/mol. The molecule has 1 atom stereocenters. The van der Waals surface area contributed by atoms with Gasteiger partial charge >= 0.3 is 0 Å². The molecule has 2 aromatic rings. The van der Waals surface area contributed by atoms with Crippen molar-refractivity contribution in [1.82, 2.24) is 15.2 Å². The first-order valence-electron chi connectivity index (χ1n) is 6.58. The molecule has 1 aliphatic heterocycles. The zero-order chi connectivity index (χ0) is 12.4. The van der Waals surface area contributed by atoms with E-state index >= 15 is 0 Å². The number of benzene rings is 1. The number of hydrogen-bond donors (Lipinski definition) is 1.